The Morgan fingerprint density at radius 1 is 0.786 bits per heavy atom. The summed E-state index contributed by atoms with van der Waals surface area (Å²) < 4.78 is 7.09. The lowest BCUT2D eigenvalue weighted by atomic mass is 10.0. The highest BCUT2D eigenvalue weighted by molar-refractivity contribution is 6.53. The van der Waals surface area contributed by atoms with Gasteiger partial charge in [0.2, 0.25) is 0 Å². The Labute approximate surface area is 92.9 Å². The maximum absolute atomic E-state index is 6.05. The monoisotopic (exact) mass is 210 g/mol. The lowest BCUT2D eigenvalue weighted by Crippen LogP contribution is -2.29. The molecule has 1 saturated carbocycles. The van der Waals surface area contributed by atoms with E-state index in [1.165, 1.54) is 63.1 Å². The van der Waals surface area contributed by atoms with E-state index in [9.17, 15) is 0 Å². The molecule has 0 bridgehead atoms. The van der Waals surface area contributed by atoms with Crippen molar-refractivity contribution in [1.29, 1.82) is 0 Å². The molecule has 0 unspecified atom stereocenters. The minimum atomic E-state index is -0.756. The molecule has 0 spiro atoms. The predicted molar refractivity (Wildman–Crippen MR) is 61.8 cm³/mol. The second-order valence-electron chi connectivity index (χ2n) is 5.01. The van der Waals surface area contributed by atoms with Crippen molar-refractivity contribution >= 4 is 14.5 Å². The van der Waals surface area contributed by atoms with Gasteiger partial charge in [0.05, 0.1) is 0 Å². The third-order valence-corrected chi connectivity index (χ3v) is 7.25. The quantitative estimate of drug-likeness (QED) is 0.596. The van der Waals surface area contributed by atoms with Gasteiger partial charge in [-0.3, -0.25) is 0 Å². The van der Waals surface area contributed by atoms with Crippen molar-refractivity contribution in [2.45, 2.75) is 67.9 Å². The van der Waals surface area contributed by atoms with Gasteiger partial charge >= 0.3 is 14.5 Å². The summed E-state index contributed by atoms with van der Waals surface area (Å²) in [6.07, 6.45) is 13.2. The van der Waals surface area contributed by atoms with Gasteiger partial charge < -0.3 is 3.79 Å². The fraction of sp³-hybridized carbons (Fsp3) is 1.00. The molecule has 0 aromatic carbocycles. The van der Waals surface area contributed by atoms with Crippen LogP contribution in [0.15, 0.2) is 0 Å². The van der Waals surface area contributed by atoms with Crippen LogP contribution in [0, 0.1) is 0 Å². The molecule has 0 radical (unpaired) electrons. The normalized spacial score (nSPS) is 27.0. The summed E-state index contributed by atoms with van der Waals surface area (Å²) in [5, 5.41) is 1.48. The fourth-order valence-electron chi connectivity index (χ4n) is 3.00. The zero-order valence-corrected chi connectivity index (χ0v) is 10.5. The molecule has 2 heteroatoms. The summed E-state index contributed by atoms with van der Waals surface area (Å²) in [4.78, 5) is 0. The standard InChI is InChI=1S/C8H15.C4H8O.Al/c1-2-4-6-8-7-5-3-1;1-2-3-4-5;/h1H,2-8H2;1-4H2;/q;-1;+1. The maximum atomic E-state index is 6.05. The lowest BCUT2D eigenvalue weighted by Gasteiger charge is -2.27. The van der Waals surface area contributed by atoms with Crippen LogP contribution >= 0.6 is 0 Å². The largest absolute Gasteiger partial charge is 0.500 e. The lowest BCUT2D eigenvalue weighted by molar-refractivity contribution is 0.273. The Morgan fingerprint density at radius 2 is 1.50 bits per heavy atom. The molecule has 0 atom stereocenters. The van der Waals surface area contributed by atoms with E-state index in [1.807, 2.05) is 0 Å². The van der Waals surface area contributed by atoms with E-state index in [-0.39, 0.29) is 0 Å². The summed E-state index contributed by atoms with van der Waals surface area (Å²) in [7, 11) is 0. The summed E-state index contributed by atoms with van der Waals surface area (Å²) in [6, 6.07) is 0. The van der Waals surface area contributed by atoms with Crippen LogP contribution in [-0.4, -0.2) is 21.1 Å². The van der Waals surface area contributed by atoms with Gasteiger partial charge in [-0.15, -0.1) is 0 Å². The van der Waals surface area contributed by atoms with E-state index in [0.29, 0.717) is 0 Å². The highest BCUT2D eigenvalue weighted by Gasteiger charge is 2.32. The van der Waals surface area contributed by atoms with Crippen LogP contribution in [0.2, 0.25) is 10.1 Å². The van der Waals surface area contributed by atoms with Crippen molar-refractivity contribution in [2.24, 2.45) is 0 Å². The number of hydrogen-bond donors (Lipinski definition) is 0. The molecule has 0 aromatic rings. The average molecular weight is 210 g/mol. The molecule has 1 nitrogen and oxygen atoms in total. The van der Waals surface area contributed by atoms with E-state index in [2.05, 4.69) is 0 Å². The van der Waals surface area contributed by atoms with Crippen molar-refractivity contribution in [1.82, 2.24) is 0 Å². The Balaban J connectivity index is 1.80. The SMILES string of the molecule is C1CCC[CH]([Al]2[CH2]CCC[O]2)CCC1. The molecule has 0 aromatic heterocycles. The number of rotatable bonds is 1. The van der Waals surface area contributed by atoms with Crippen LogP contribution in [0.25, 0.3) is 0 Å². The predicted octanol–water partition coefficient (Wildman–Crippen LogP) is 3.90. The summed E-state index contributed by atoms with van der Waals surface area (Å²) in [5.74, 6) is 0. The van der Waals surface area contributed by atoms with Crippen LogP contribution in [0.5, 0.6) is 0 Å². The molecule has 2 aliphatic rings. The molecule has 1 aliphatic heterocycles. The summed E-state index contributed by atoms with van der Waals surface area (Å²) in [5.41, 5.74) is 0. The Kier molecular flexibility index (Phi) is 4.83. The molecular formula is C12H23AlO. The van der Waals surface area contributed by atoms with Crippen molar-refractivity contribution in [3.8, 4) is 0 Å². The third kappa shape index (κ3) is 3.26. The first-order valence-electron chi connectivity index (χ1n) is 6.58. The van der Waals surface area contributed by atoms with E-state index >= 15 is 0 Å². The molecule has 0 amide bonds. The minimum Gasteiger partial charge on any atom is -0.500 e. The third-order valence-electron chi connectivity index (χ3n) is 3.89. The first-order valence-corrected chi connectivity index (χ1v) is 8.54. The van der Waals surface area contributed by atoms with E-state index in [4.69, 9.17) is 3.79 Å². The first kappa shape index (κ1) is 11.0. The summed E-state index contributed by atoms with van der Waals surface area (Å²) in [6.45, 7) is 1.09. The van der Waals surface area contributed by atoms with Crippen LogP contribution in [0.4, 0.5) is 0 Å². The molecule has 1 heterocycles. The van der Waals surface area contributed by atoms with Gasteiger partial charge in [-0.1, -0.05) is 61.4 Å². The van der Waals surface area contributed by atoms with E-state index < -0.39 is 14.5 Å². The van der Waals surface area contributed by atoms with Gasteiger partial charge in [-0.05, 0) is 6.42 Å². The molecule has 80 valence electrons. The van der Waals surface area contributed by atoms with Gasteiger partial charge in [0.1, 0.15) is 0 Å². The van der Waals surface area contributed by atoms with Crippen LogP contribution in [0.3, 0.4) is 0 Å². The zero-order chi connectivity index (χ0) is 9.64. The Bertz CT molecular complexity index is 146. The molecule has 0 N–H and O–H groups in total. The molecule has 14 heavy (non-hydrogen) atoms. The van der Waals surface area contributed by atoms with Crippen molar-refractivity contribution in [3.05, 3.63) is 0 Å². The molecule has 1 aliphatic carbocycles. The van der Waals surface area contributed by atoms with Crippen molar-refractivity contribution < 1.29 is 3.79 Å². The summed E-state index contributed by atoms with van der Waals surface area (Å²) >= 11 is -0.756. The minimum absolute atomic E-state index is 0.756. The highest BCUT2D eigenvalue weighted by Crippen LogP contribution is 2.33. The van der Waals surface area contributed by atoms with Crippen molar-refractivity contribution in [2.75, 3.05) is 6.61 Å². The van der Waals surface area contributed by atoms with Crippen LogP contribution in [0.1, 0.15) is 57.8 Å². The average Bonchev–Trinajstić information content (AvgIpc) is 2.18. The van der Waals surface area contributed by atoms with Gasteiger partial charge in [-0.25, -0.2) is 0 Å². The first-order chi connectivity index (χ1) is 6.97. The maximum Gasteiger partial charge on any atom is 0.464 e. The van der Waals surface area contributed by atoms with Gasteiger partial charge in [0.15, 0.2) is 0 Å². The topological polar surface area (TPSA) is 9.23 Å². The molecule has 2 rings (SSSR count). The second-order valence-corrected chi connectivity index (χ2v) is 7.94. The van der Waals surface area contributed by atoms with E-state index in [1.54, 1.807) is 0 Å². The van der Waals surface area contributed by atoms with Crippen molar-refractivity contribution in [3.63, 3.8) is 0 Å². The van der Waals surface area contributed by atoms with E-state index in [0.717, 1.165) is 11.4 Å². The zero-order valence-electron chi connectivity index (χ0n) is 9.34. The Morgan fingerprint density at radius 3 is 2.14 bits per heavy atom. The highest BCUT2D eigenvalue weighted by atomic mass is 27.2. The van der Waals surface area contributed by atoms with Crippen LogP contribution in [-0.2, 0) is 3.79 Å². The van der Waals surface area contributed by atoms with Crippen LogP contribution < -0.4 is 0 Å². The Hall–Kier alpha value is 0.492. The van der Waals surface area contributed by atoms with Gasteiger partial charge in [0, 0.05) is 6.61 Å². The fourth-order valence-corrected chi connectivity index (χ4v) is 6.28. The molecule has 1 saturated heterocycles. The molecular weight excluding hydrogens is 187 g/mol. The number of hydrogen-bond acceptors (Lipinski definition) is 1. The smallest absolute Gasteiger partial charge is 0.464 e. The van der Waals surface area contributed by atoms with Gasteiger partial charge in [0.25, 0.3) is 0 Å². The van der Waals surface area contributed by atoms with Gasteiger partial charge in [-0.2, -0.15) is 0 Å². The second kappa shape index (κ2) is 6.16. The molecule has 2 fully saturated rings.